The molecule has 0 aliphatic rings. The third-order valence-corrected chi connectivity index (χ3v) is 3.61. The van der Waals surface area contributed by atoms with Crippen molar-refractivity contribution < 1.29 is 4.79 Å². The van der Waals surface area contributed by atoms with Crippen LogP contribution in [-0.4, -0.2) is 20.7 Å². The van der Waals surface area contributed by atoms with Gasteiger partial charge in [0.2, 0.25) is 0 Å². The van der Waals surface area contributed by atoms with E-state index in [1.165, 1.54) is 0 Å². The van der Waals surface area contributed by atoms with Gasteiger partial charge in [0.05, 0.1) is 29.6 Å². The number of aromatic nitrogens is 3. The molecule has 0 aliphatic carbocycles. The summed E-state index contributed by atoms with van der Waals surface area (Å²) >= 11 is 0. The van der Waals surface area contributed by atoms with Crippen LogP contribution in [0.25, 0.3) is 11.3 Å². The van der Waals surface area contributed by atoms with Gasteiger partial charge in [-0.25, -0.2) is 0 Å². The average molecular weight is 317 g/mol. The first-order valence-electron chi connectivity index (χ1n) is 7.39. The first-order valence-corrected chi connectivity index (χ1v) is 7.39. The summed E-state index contributed by atoms with van der Waals surface area (Å²) in [4.78, 5) is 16.1. The minimum Gasteiger partial charge on any atom is -0.346 e. The van der Waals surface area contributed by atoms with Crippen LogP contribution in [0, 0.1) is 11.3 Å². The molecule has 0 saturated heterocycles. The zero-order valence-corrected chi connectivity index (χ0v) is 13.1. The van der Waals surface area contributed by atoms with Crippen molar-refractivity contribution in [2.75, 3.05) is 0 Å². The van der Waals surface area contributed by atoms with Crippen LogP contribution in [0.3, 0.4) is 0 Å². The number of nitriles is 1. The number of pyridine rings is 1. The summed E-state index contributed by atoms with van der Waals surface area (Å²) in [7, 11) is 1.86. The van der Waals surface area contributed by atoms with Crippen molar-refractivity contribution in [1.82, 2.24) is 20.1 Å². The van der Waals surface area contributed by atoms with Crippen LogP contribution in [0.1, 0.15) is 21.6 Å². The van der Waals surface area contributed by atoms with Gasteiger partial charge in [0.25, 0.3) is 5.91 Å². The largest absolute Gasteiger partial charge is 0.346 e. The number of benzene rings is 1. The Bertz CT molecular complexity index is 891. The van der Waals surface area contributed by atoms with Gasteiger partial charge in [0.15, 0.2) is 0 Å². The fourth-order valence-electron chi connectivity index (χ4n) is 2.37. The Morgan fingerprint density at radius 2 is 1.92 bits per heavy atom. The molecule has 3 rings (SSSR count). The molecule has 6 nitrogen and oxygen atoms in total. The second kappa shape index (κ2) is 6.75. The minimum atomic E-state index is -0.199. The summed E-state index contributed by atoms with van der Waals surface area (Å²) in [6, 6.07) is 14.3. The lowest BCUT2D eigenvalue weighted by atomic mass is 10.1. The Balaban J connectivity index is 1.69. The van der Waals surface area contributed by atoms with Crippen LogP contribution in [0.4, 0.5) is 0 Å². The fraction of sp³-hybridized carbons (Fsp3) is 0.111. The van der Waals surface area contributed by atoms with Crippen LogP contribution in [-0.2, 0) is 13.6 Å². The highest BCUT2D eigenvalue weighted by Crippen LogP contribution is 2.18. The first-order chi connectivity index (χ1) is 11.7. The summed E-state index contributed by atoms with van der Waals surface area (Å²) in [5.41, 5.74) is 3.79. The Labute approximate surface area is 139 Å². The molecule has 1 amide bonds. The van der Waals surface area contributed by atoms with Gasteiger partial charge in [-0.05, 0) is 42.5 Å². The second-order valence-corrected chi connectivity index (χ2v) is 5.25. The van der Waals surface area contributed by atoms with Crippen molar-refractivity contribution in [2.24, 2.45) is 7.05 Å². The quantitative estimate of drug-likeness (QED) is 0.800. The molecule has 0 aliphatic heterocycles. The monoisotopic (exact) mass is 317 g/mol. The van der Waals surface area contributed by atoms with Crippen molar-refractivity contribution in [3.8, 4) is 17.3 Å². The number of amides is 1. The molecule has 0 fully saturated rings. The Morgan fingerprint density at radius 3 is 2.58 bits per heavy atom. The lowest BCUT2D eigenvalue weighted by Gasteiger charge is -2.03. The molecule has 0 radical (unpaired) electrons. The van der Waals surface area contributed by atoms with Crippen LogP contribution >= 0.6 is 0 Å². The van der Waals surface area contributed by atoms with E-state index in [9.17, 15) is 4.79 Å². The minimum absolute atomic E-state index is 0.199. The normalized spacial score (nSPS) is 10.2. The molecule has 2 aromatic heterocycles. The average Bonchev–Trinajstić information content (AvgIpc) is 3.01. The molecule has 0 saturated carbocycles. The molecular formula is C18H15N5O. The van der Waals surface area contributed by atoms with E-state index >= 15 is 0 Å². The molecule has 0 spiro atoms. The molecule has 1 N–H and O–H groups in total. The Morgan fingerprint density at radius 1 is 1.21 bits per heavy atom. The fourth-order valence-corrected chi connectivity index (χ4v) is 2.37. The highest BCUT2D eigenvalue weighted by atomic mass is 16.1. The number of aryl methyl sites for hydroxylation is 1. The van der Waals surface area contributed by atoms with E-state index < -0.39 is 0 Å². The van der Waals surface area contributed by atoms with Gasteiger partial charge >= 0.3 is 0 Å². The molecule has 24 heavy (non-hydrogen) atoms. The van der Waals surface area contributed by atoms with Gasteiger partial charge in [0, 0.05) is 30.6 Å². The Hall–Kier alpha value is -3.46. The number of nitrogens with zero attached hydrogens (tertiary/aromatic N) is 4. The first kappa shape index (κ1) is 15.4. The Kier molecular flexibility index (Phi) is 4.34. The maximum absolute atomic E-state index is 12.1. The van der Waals surface area contributed by atoms with Gasteiger partial charge in [-0.1, -0.05) is 0 Å². The molecule has 0 unspecified atom stereocenters. The number of carbonyl (C=O) groups excluding carboxylic acids is 1. The topological polar surface area (TPSA) is 83.6 Å². The van der Waals surface area contributed by atoms with E-state index in [2.05, 4.69) is 15.4 Å². The van der Waals surface area contributed by atoms with E-state index in [0.29, 0.717) is 17.7 Å². The van der Waals surface area contributed by atoms with Crippen LogP contribution in [0.2, 0.25) is 0 Å². The maximum Gasteiger partial charge on any atom is 0.251 e. The van der Waals surface area contributed by atoms with Crippen molar-refractivity contribution in [2.45, 2.75) is 6.54 Å². The molecular weight excluding hydrogens is 302 g/mol. The van der Waals surface area contributed by atoms with Crippen molar-refractivity contribution >= 4 is 5.91 Å². The standard InChI is InChI=1S/C18H15N5O/c1-23-17(14-6-8-20-9-7-14)10-16(22-23)12-21-18(24)15-4-2-13(11-19)3-5-15/h2-10H,12H2,1H3,(H,21,24). The van der Waals surface area contributed by atoms with Crippen LogP contribution < -0.4 is 5.32 Å². The van der Waals surface area contributed by atoms with E-state index in [1.807, 2.05) is 31.3 Å². The van der Waals surface area contributed by atoms with Gasteiger partial charge in [-0.3, -0.25) is 14.5 Å². The molecule has 3 aromatic rings. The number of hydrogen-bond acceptors (Lipinski definition) is 4. The lowest BCUT2D eigenvalue weighted by molar-refractivity contribution is 0.0950. The molecule has 1 aromatic carbocycles. The molecule has 0 bridgehead atoms. The van der Waals surface area contributed by atoms with Gasteiger partial charge in [-0.2, -0.15) is 10.4 Å². The summed E-state index contributed by atoms with van der Waals surface area (Å²) < 4.78 is 1.78. The summed E-state index contributed by atoms with van der Waals surface area (Å²) in [6.45, 7) is 0.331. The molecule has 0 atom stereocenters. The highest BCUT2D eigenvalue weighted by Gasteiger charge is 2.10. The maximum atomic E-state index is 12.1. The SMILES string of the molecule is Cn1nc(CNC(=O)c2ccc(C#N)cc2)cc1-c1ccncc1. The third kappa shape index (κ3) is 3.31. The molecule has 6 heteroatoms. The number of rotatable bonds is 4. The van der Waals surface area contributed by atoms with Crippen molar-refractivity contribution in [3.63, 3.8) is 0 Å². The smallest absolute Gasteiger partial charge is 0.251 e. The van der Waals surface area contributed by atoms with Gasteiger partial charge in [0.1, 0.15) is 0 Å². The predicted molar refractivity (Wildman–Crippen MR) is 88.8 cm³/mol. The molecule has 118 valence electrons. The summed E-state index contributed by atoms with van der Waals surface area (Å²) in [5, 5.41) is 16.0. The van der Waals surface area contributed by atoms with E-state index in [0.717, 1.165) is 17.0 Å². The number of nitrogens with one attached hydrogen (secondary N) is 1. The summed E-state index contributed by atoms with van der Waals surface area (Å²) in [5.74, 6) is -0.199. The predicted octanol–water partition coefficient (Wildman–Crippen LogP) is 2.28. The summed E-state index contributed by atoms with van der Waals surface area (Å²) in [6.07, 6.45) is 3.46. The van der Waals surface area contributed by atoms with E-state index in [4.69, 9.17) is 5.26 Å². The zero-order chi connectivity index (χ0) is 16.9. The van der Waals surface area contributed by atoms with Gasteiger partial charge in [-0.15, -0.1) is 0 Å². The zero-order valence-electron chi connectivity index (χ0n) is 13.1. The molecule has 2 heterocycles. The highest BCUT2D eigenvalue weighted by molar-refractivity contribution is 5.94. The number of carbonyl (C=O) groups is 1. The van der Waals surface area contributed by atoms with E-state index in [1.54, 1.807) is 41.3 Å². The van der Waals surface area contributed by atoms with Crippen molar-refractivity contribution in [3.05, 3.63) is 71.7 Å². The lowest BCUT2D eigenvalue weighted by Crippen LogP contribution is -2.23. The van der Waals surface area contributed by atoms with E-state index in [-0.39, 0.29) is 5.91 Å². The van der Waals surface area contributed by atoms with Crippen molar-refractivity contribution in [1.29, 1.82) is 5.26 Å². The van der Waals surface area contributed by atoms with Gasteiger partial charge < -0.3 is 5.32 Å². The second-order valence-electron chi connectivity index (χ2n) is 5.25. The number of hydrogen-bond donors (Lipinski definition) is 1. The van der Waals surface area contributed by atoms with Crippen LogP contribution in [0.15, 0.2) is 54.9 Å². The third-order valence-electron chi connectivity index (χ3n) is 3.61. The van der Waals surface area contributed by atoms with Crippen LogP contribution in [0.5, 0.6) is 0 Å².